The highest BCUT2D eigenvalue weighted by molar-refractivity contribution is 5.96. The summed E-state index contributed by atoms with van der Waals surface area (Å²) in [6, 6.07) is 0.415. The summed E-state index contributed by atoms with van der Waals surface area (Å²) in [5, 5.41) is 6.82. The SMILES string of the molecule is C[C@H]1[C@H](C)n2ncc(N3CCCC3=O)c2CN1C(=O)Nc1cc(F)c(F)c(F)c1. The second-order valence-corrected chi connectivity index (χ2v) is 7.36. The second-order valence-electron chi connectivity index (χ2n) is 7.36. The monoisotopic (exact) mass is 407 g/mol. The van der Waals surface area contributed by atoms with E-state index in [4.69, 9.17) is 0 Å². The topological polar surface area (TPSA) is 70.5 Å². The number of urea groups is 1. The van der Waals surface area contributed by atoms with Crippen molar-refractivity contribution in [2.75, 3.05) is 16.8 Å². The van der Waals surface area contributed by atoms with Crippen molar-refractivity contribution in [3.8, 4) is 0 Å². The lowest BCUT2D eigenvalue weighted by Gasteiger charge is -2.39. The van der Waals surface area contributed by atoms with E-state index in [2.05, 4.69) is 10.4 Å². The van der Waals surface area contributed by atoms with Gasteiger partial charge in [-0.05, 0) is 20.3 Å². The molecule has 3 amide bonds. The first-order chi connectivity index (χ1) is 13.8. The lowest BCUT2D eigenvalue weighted by atomic mass is 10.1. The van der Waals surface area contributed by atoms with Crippen molar-refractivity contribution < 1.29 is 22.8 Å². The number of amides is 3. The minimum atomic E-state index is -1.59. The lowest BCUT2D eigenvalue weighted by molar-refractivity contribution is -0.117. The van der Waals surface area contributed by atoms with E-state index in [1.807, 2.05) is 13.8 Å². The van der Waals surface area contributed by atoms with Gasteiger partial charge in [0.15, 0.2) is 17.5 Å². The van der Waals surface area contributed by atoms with Crippen LogP contribution in [0.3, 0.4) is 0 Å². The third-order valence-corrected chi connectivity index (χ3v) is 5.63. The van der Waals surface area contributed by atoms with Crippen molar-refractivity contribution in [1.29, 1.82) is 0 Å². The number of nitrogens with zero attached hydrogens (tertiary/aromatic N) is 4. The summed E-state index contributed by atoms with van der Waals surface area (Å²) in [7, 11) is 0. The Morgan fingerprint density at radius 3 is 2.48 bits per heavy atom. The van der Waals surface area contributed by atoms with Crippen molar-refractivity contribution in [2.24, 2.45) is 0 Å². The number of halogens is 3. The molecule has 2 aromatic rings. The van der Waals surface area contributed by atoms with Crippen LogP contribution < -0.4 is 10.2 Å². The largest absolute Gasteiger partial charge is 0.322 e. The summed E-state index contributed by atoms with van der Waals surface area (Å²) in [5.41, 5.74) is 1.21. The van der Waals surface area contributed by atoms with Crippen molar-refractivity contribution in [3.05, 3.63) is 41.5 Å². The van der Waals surface area contributed by atoms with Crippen LogP contribution in [-0.2, 0) is 11.3 Å². The van der Waals surface area contributed by atoms with Crippen LogP contribution in [0.5, 0.6) is 0 Å². The molecule has 4 rings (SSSR count). The minimum absolute atomic E-state index is 0.0142. The highest BCUT2D eigenvalue weighted by atomic mass is 19.2. The van der Waals surface area contributed by atoms with E-state index in [-0.39, 0.29) is 30.2 Å². The molecule has 1 aromatic carbocycles. The van der Waals surface area contributed by atoms with E-state index in [1.165, 1.54) is 4.90 Å². The van der Waals surface area contributed by atoms with Crippen LogP contribution in [0.25, 0.3) is 0 Å². The van der Waals surface area contributed by atoms with Gasteiger partial charge in [-0.1, -0.05) is 0 Å². The summed E-state index contributed by atoms with van der Waals surface area (Å²) in [6.07, 6.45) is 2.87. The van der Waals surface area contributed by atoms with E-state index in [0.29, 0.717) is 18.7 Å². The Bertz CT molecular complexity index is 969. The number of benzene rings is 1. The molecule has 7 nitrogen and oxygen atoms in total. The molecule has 1 N–H and O–H groups in total. The maximum absolute atomic E-state index is 13.5. The van der Waals surface area contributed by atoms with Crippen LogP contribution in [-0.4, -0.2) is 39.2 Å². The molecule has 2 atom stereocenters. The van der Waals surface area contributed by atoms with Crippen molar-refractivity contribution >= 4 is 23.3 Å². The van der Waals surface area contributed by atoms with Crippen molar-refractivity contribution in [1.82, 2.24) is 14.7 Å². The van der Waals surface area contributed by atoms with Gasteiger partial charge in [0.2, 0.25) is 5.91 Å². The average molecular weight is 407 g/mol. The summed E-state index contributed by atoms with van der Waals surface area (Å²) in [6.45, 7) is 4.50. The molecule has 1 saturated heterocycles. The first kappa shape index (κ1) is 19.3. The van der Waals surface area contributed by atoms with Crippen molar-refractivity contribution in [2.45, 2.75) is 45.3 Å². The minimum Gasteiger partial charge on any atom is -0.314 e. The molecule has 0 bridgehead atoms. The van der Waals surface area contributed by atoms with Gasteiger partial charge in [0, 0.05) is 30.8 Å². The van der Waals surface area contributed by atoms with E-state index in [1.54, 1.807) is 15.8 Å². The summed E-state index contributed by atoms with van der Waals surface area (Å²) >= 11 is 0. The third-order valence-electron chi connectivity index (χ3n) is 5.63. The van der Waals surface area contributed by atoms with Crippen molar-refractivity contribution in [3.63, 3.8) is 0 Å². The highest BCUT2D eigenvalue weighted by Crippen LogP contribution is 2.34. The summed E-state index contributed by atoms with van der Waals surface area (Å²) < 4.78 is 41.9. The summed E-state index contributed by atoms with van der Waals surface area (Å²) in [4.78, 5) is 28.1. The van der Waals surface area contributed by atoms with Gasteiger partial charge < -0.3 is 15.1 Å². The molecule has 154 valence electrons. The van der Waals surface area contributed by atoms with Gasteiger partial charge in [-0.25, -0.2) is 18.0 Å². The third kappa shape index (κ3) is 3.22. The molecule has 0 radical (unpaired) electrons. The first-order valence-corrected chi connectivity index (χ1v) is 9.37. The average Bonchev–Trinajstić information content (AvgIpc) is 3.28. The molecule has 0 unspecified atom stereocenters. The fourth-order valence-electron chi connectivity index (χ4n) is 3.86. The predicted octanol–water partition coefficient (Wildman–Crippen LogP) is 3.42. The van der Waals surface area contributed by atoms with E-state index >= 15 is 0 Å². The maximum atomic E-state index is 13.5. The number of aromatic nitrogens is 2. The predicted molar refractivity (Wildman–Crippen MR) is 98.9 cm³/mol. The van der Waals surface area contributed by atoms with E-state index in [9.17, 15) is 22.8 Å². The fourth-order valence-corrected chi connectivity index (χ4v) is 3.86. The zero-order valence-corrected chi connectivity index (χ0v) is 16.0. The van der Waals surface area contributed by atoms with Gasteiger partial charge in [0.05, 0.1) is 36.2 Å². The van der Waals surface area contributed by atoms with Crippen LogP contribution >= 0.6 is 0 Å². The standard InChI is InChI=1S/C19H20F3N5O2/c1-10-11(2)27-16(15(8-23-27)25-5-3-4-17(25)28)9-26(10)19(29)24-12-6-13(20)18(22)14(21)7-12/h6-8,10-11H,3-5,9H2,1-2H3,(H,24,29)/t10-,11-/m0/s1. The van der Waals surface area contributed by atoms with Crippen LogP contribution in [0.1, 0.15) is 38.4 Å². The summed E-state index contributed by atoms with van der Waals surface area (Å²) in [5.74, 6) is -4.34. The molecule has 0 aliphatic carbocycles. The van der Waals surface area contributed by atoms with Crippen LogP contribution in [0.4, 0.5) is 29.3 Å². The quantitative estimate of drug-likeness (QED) is 0.776. The zero-order chi connectivity index (χ0) is 20.9. The molecule has 3 heterocycles. The van der Waals surface area contributed by atoms with E-state index in [0.717, 1.165) is 24.2 Å². The van der Waals surface area contributed by atoms with Gasteiger partial charge in [0.1, 0.15) is 0 Å². The molecule has 0 spiro atoms. The van der Waals surface area contributed by atoms with Gasteiger partial charge in [0.25, 0.3) is 0 Å². The number of hydrogen-bond donors (Lipinski definition) is 1. The Labute approximate surface area is 165 Å². The molecule has 2 aliphatic rings. The first-order valence-electron chi connectivity index (χ1n) is 9.37. The Hall–Kier alpha value is -3.04. The molecular weight excluding hydrogens is 387 g/mol. The number of hydrogen-bond acceptors (Lipinski definition) is 3. The van der Waals surface area contributed by atoms with Gasteiger partial charge in [-0.15, -0.1) is 0 Å². The Balaban J connectivity index is 1.60. The Kier molecular flexibility index (Phi) is 4.71. The normalized spacial score (nSPS) is 21.5. The van der Waals surface area contributed by atoms with Gasteiger partial charge >= 0.3 is 6.03 Å². The molecule has 2 aliphatic heterocycles. The highest BCUT2D eigenvalue weighted by Gasteiger charge is 2.37. The second kappa shape index (κ2) is 7.09. The molecule has 29 heavy (non-hydrogen) atoms. The Morgan fingerprint density at radius 1 is 1.17 bits per heavy atom. The number of anilines is 2. The fraction of sp³-hybridized carbons (Fsp3) is 0.421. The number of nitrogens with one attached hydrogen (secondary N) is 1. The Morgan fingerprint density at radius 2 is 1.86 bits per heavy atom. The number of fused-ring (bicyclic) bond motifs is 1. The van der Waals surface area contributed by atoms with Crippen LogP contribution in [0, 0.1) is 17.5 Å². The van der Waals surface area contributed by atoms with Crippen LogP contribution in [0.15, 0.2) is 18.3 Å². The number of rotatable bonds is 2. The maximum Gasteiger partial charge on any atom is 0.322 e. The molecular formula is C19H20F3N5O2. The smallest absolute Gasteiger partial charge is 0.314 e. The van der Waals surface area contributed by atoms with Crippen LogP contribution in [0.2, 0.25) is 0 Å². The number of carbonyl (C=O) groups excluding carboxylic acids is 2. The zero-order valence-electron chi connectivity index (χ0n) is 16.0. The van der Waals surface area contributed by atoms with E-state index < -0.39 is 23.5 Å². The molecule has 10 heteroatoms. The number of carbonyl (C=O) groups is 2. The molecule has 0 saturated carbocycles. The molecule has 1 fully saturated rings. The lowest BCUT2D eigenvalue weighted by Crippen LogP contribution is -2.49. The van der Waals surface area contributed by atoms with Gasteiger partial charge in [-0.3, -0.25) is 9.48 Å². The van der Waals surface area contributed by atoms with Gasteiger partial charge in [-0.2, -0.15) is 5.10 Å². The molecule has 1 aromatic heterocycles.